The molecule has 3 amide bonds. The molecule has 2 aliphatic rings. The lowest BCUT2D eigenvalue weighted by atomic mass is 9.81. The molecule has 0 bridgehead atoms. The second-order valence-electron chi connectivity index (χ2n) is 11.7. The fraction of sp³-hybridized carbons (Fsp3) is 0.343. The van der Waals surface area contributed by atoms with Gasteiger partial charge in [0, 0.05) is 47.3 Å². The van der Waals surface area contributed by atoms with E-state index in [4.69, 9.17) is 14.6 Å². The Morgan fingerprint density at radius 3 is 2.51 bits per heavy atom. The topological polar surface area (TPSA) is 131 Å². The fourth-order valence-electron chi connectivity index (χ4n) is 6.74. The summed E-state index contributed by atoms with van der Waals surface area (Å²) in [6.45, 7) is 1.12. The predicted octanol–water partition coefficient (Wildman–Crippen LogP) is 5.93. The van der Waals surface area contributed by atoms with Crippen LogP contribution in [0.25, 0.3) is 22.2 Å². The van der Waals surface area contributed by atoms with Gasteiger partial charge in [-0.2, -0.15) is 0 Å². The number of likely N-dealkylation sites (N-methyl/N-ethyl adjacent to an activating group) is 1. The first-order valence-electron chi connectivity index (χ1n) is 15.4. The SMILES string of the molecule is CNC(=O)[C@H](Cc1ccc(NC(=O)O)cc1)NC(=O)c1ccc2c(C3CCCCC3)c3n(c2c1)CCOc1cc(OC)ccc1-3. The molecule has 3 aromatic carbocycles. The summed E-state index contributed by atoms with van der Waals surface area (Å²) in [5, 5.41) is 18.0. The Balaban J connectivity index is 1.35. The third-order valence-corrected chi connectivity index (χ3v) is 8.91. The lowest BCUT2D eigenvalue weighted by molar-refractivity contribution is -0.122. The number of hydrogen-bond acceptors (Lipinski definition) is 5. The second-order valence-corrected chi connectivity index (χ2v) is 11.7. The fourth-order valence-corrected chi connectivity index (χ4v) is 6.74. The summed E-state index contributed by atoms with van der Waals surface area (Å²) in [6, 6.07) is 17.7. The van der Waals surface area contributed by atoms with Gasteiger partial charge in [0.15, 0.2) is 0 Å². The number of hydrogen-bond donors (Lipinski definition) is 4. The molecular formula is C35H38N4O6. The number of nitrogens with zero attached hydrogens (tertiary/aromatic N) is 1. The Morgan fingerprint density at radius 2 is 1.80 bits per heavy atom. The number of ether oxygens (including phenoxy) is 2. The van der Waals surface area contributed by atoms with Crippen molar-refractivity contribution in [2.24, 2.45) is 0 Å². The van der Waals surface area contributed by atoms with E-state index in [0.717, 1.165) is 52.1 Å². The third-order valence-electron chi connectivity index (χ3n) is 8.91. The first kappa shape index (κ1) is 30.1. The number of aromatic nitrogens is 1. The number of fused-ring (bicyclic) bond motifs is 5. The van der Waals surface area contributed by atoms with Gasteiger partial charge in [-0.15, -0.1) is 0 Å². The molecule has 1 atom stereocenters. The average Bonchev–Trinajstić information content (AvgIpc) is 3.25. The summed E-state index contributed by atoms with van der Waals surface area (Å²) in [5.41, 5.74) is 6.13. The smallest absolute Gasteiger partial charge is 0.409 e. The van der Waals surface area contributed by atoms with Gasteiger partial charge in [0.05, 0.1) is 19.3 Å². The minimum absolute atomic E-state index is 0.241. The molecule has 10 heteroatoms. The first-order valence-corrected chi connectivity index (χ1v) is 15.4. The van der Waals surface area contributed by atoms with Crippen LogP contribution in [0, 0.1) is 0 Å². The van der Waals surface area contributed by atoms with Crippen molar-refractivity contribution in [1.29, 1.82) is 0 Å². The van der Waals surface area contributed by atoms with Crippen LogP contribution >= 0.6 is 0 Å². The van der Waals surface area contributed by atoms with Crippen molar-refractivity contribution in [2.75, 3.05) is 26.1 Å². The Hall–Kier alpha value is -4.99. The number of benzene rings is 3. The van der Waals surface area contributed by atoms with Gasteiger partial charge in [0.25, 0.3) is 5.91 Å². The van der Waals surface area contributed by atoms with Gasteiger partial charge >= 0.3 is 6.09 Å². The van der Waals surface area contributed by atoms with E-state index in [1.165, 1.54) is 31.9 Å². The second kappa shape index (κ2) is 12.9. The summed E-state index contributed by atoms with van der Waals surface area (Å²) in [4.78, 5) is 37.4. The van der Waals surface area contributed by atoms with Gasteiger partial charge in [-0.05, 0) is 66.3 Å². The van der Waals surface area contributed by atoms with Gasteiger partial charge < -0.3 is 29.8 Å². The molecule has 1 aliphatic carbocycles. The van der Waals surface area contributed by atoms with E-state index < -0.39 is 12.1 Å². The maximum absolute atomic E-state index is 13.7. The van der Waals surface area contributed by atoms with Gasteiger partial charge in [-0.3, -0.25) is 14.9 Å². The van der Waals surface area contributed by atoms with E-state index in [1.807, 2.05) is 24.3 Å². The number of carboxylic acid groups (broad SMARTS) is 1. The van der Waals surface area contributed by atoms with Crippen molar-refractivity contribution in [1.82, 2.24) is 15.2 Å². The van der Waals surface area contributed by atoms with Gasteiger partial charge in [-0.25, -0.2) is 4.79 Å². The molecule has 0 unspecified atom stereocenters. The van der Waals surface area contributed by atoms with Gasteiger partial charge in [0.2, 0.25) is 5.91 Å². The van der Waals surface area contributed by atoms with Crippen LogP contribution in [-0.4, -0.2) is 54.4 Å². The molecule has 0 saturated heterocycles. The normalized spacial score (nSPS) is 15.2. The van der Waals surface area contributed by atoms with Crippen LogP contribution < -0.4 is 25.4 Å². The molecule has 1 aliphatic heterocycles. The summed E-state index contributed by atoms with van der Waals surface area (Å²) in [5.74, 6) is 1.29. The molecule has 45 heavy (non-hydrogen) atoms. The standard InChI is InChI=1S/C35H38N4O6/c1-36-34(41)28(18-21-8-11-24(12-9-21)37-35(42)43)38-33(40)23-10-14-26-29(19-23)39-16-17-45-30-20-25(44-2)13-15-27(30)32(39)31(26)22-6-4-3-5-7-22/h8-15,19-20,22,28,37H,3-7,16-18H2,1-2H3,(H,36,41)(H,38,40)(H,42,43)/t28-/m0/s1. The molecule has 1 aromatic heterocycles. The molecular weight excluding hydrogens is 572 g/mol. The number of anilines is 1. The van der Waals surface area contributed by atoms with Crippen molar-refractivity contribution >= 4 is 34.5 Å². The minimum atomic E-state index is -1.15. The van der Waals surface area contributed by atoms with Crippen LogP contribution in [0.1, 0.15) is 59.5 Å². The first-order chi connectivity index (χ1) is 21.9. The average molecular weight is 611 g/mol. The Bertz CT molecular complexity index is 1740. The Morgan fingerprint density at radius 1 is 1.02 bits per heavy atom. The van der Waals surface area contributed by atoms with E-state index in [9.17, 15) is 14.4 Å². The molecule has 10 nitrogen and oxygen atoms in total. The minimum Gasteiger partial charge on any atom is -0.497 e. The molecule has 4 aromatic rings. The zero-order valence-electron chi connectivity index (χ0n) is 25.5. The monoisotopic (exact) mass is 610 g/mol. The number of methoxy groups -OCH3 is 1. The van der Waals surface area contributed by atoms with Gasteiger partial charge in [-0.1, -0.05) is 37.5 Å². The van der Waals surface area contributed by atoms with Crippen molar-refractivity contribution in [3.05, 3.63) is 77.4 Å². The quantitative estimate of drug-likeness (QED) is 0.196. The number of rotatable bonds is 8. The lowest BCUT2D eigenvalue weighted by Crippen LogP contribution is -2.47. The molecule has 0 radical (unpaired) electrons. The molecule has 0 spiro atoms. The number of carbonyl (C=O) groups is 3. The van der Waals surface area contributed by atoms with E-state index in [-0.39, 0.29) is 18.2 Å². The number of nitrogens with one attached hydrogen (secondary N) is 3. The van der Waals surface area contributed by atoms with Crippen LogP contribution in [0.5, 0.6) is 11.5 Å². The van der Waals surface area contributed by atoms with Crippen LogP contribution in [0.4, 0.5) is 10.5 Å². The van der Waals surface area contributed by atoms with Crippen LogP contribution in [0.2, 0.25) is 0 Å². The maximum Gasteiger partial charge on any atom is 0.409 e. The summed E-state index contributed by atoms with van der Waals surface area (Å²) in [7, 11) is 3.19. The maximum atomic E-state index is 13.7. The van der Waals surface area contributed by atoms with E-state index in [2.05, 4.69) is 32.7 Å². The molecule has 6 rings (SSSR count). The van der Waals surface area contributed by atoms with Crippen molar-refractivity contribution < 1.29 is 29.0 Å². The van der Waals surface area contributed by atoms with Crippen LogP contribution in [0.3, 0.4) is 0 Å². The number of carbonyl (C=O) groups excluding carboxylic acids is 2. The van der Waals surface area contributed by atoms with Crippen LogP contribution in [0.15, 0.2) is 60.7 Å². The zero-order valence-corrected chi connectivity index (χ0v) is 25.5. The van der Waals surface area contributed by atoms with Crippen molar-refractivity contribution in [2.45, 2.75) is 57.0 Å². The predicted molar refractivity (Wildman–Crippen MR) is 172 cm³/mol. The highest BCUT2D eigenvalue weighted by atomic mass is 16.5. The van der Waals surface area contributed by atoms with E-state index >= 15 is 0 Å². The summed E-state index contributed by atoms with van der Waals surface area (Å²) >= 11 is 0. The van der Waals surface area contributed by atoms with E-state index in [0.29, 0.717) is 30.3 Å². The molecule has 1 fully saturated rings. The third kappa shape index (κ3) is 6.18. The molecule has 234 valence electrons. The Kier molecular flexibility index (Phi) is 8.64. The highest BCUT2D eigenvalue weighted by Crippen LogP contribution is 2.47. The van der Waals surface area contributed by atoms with Crippen LogP contribution in [-0.2, 0) is 17.8 Å². The lowest BCUT2D eigenvalue weighted by Gasteiger charge is -2.23. The molecule has 4 N–H and O–H groups in total. The molecule has 2 heterocycles. The van der Waals surface area contributed by atoms with E-state index in [1.54, 1.807) is 31.4 Å². The summed E-state index contributed by atoms with van der Waals surface area (Å²) < 4.78 is 14.0. The van der Waals surface area contributed by atoms with Crippen molar-refractivity contribution in [3.8, 4) is 22.8 Å². The highest BCUT2D eigenvalue weighted by Gasteiger charge is 2.30. The van der Waals surface area contributed by atoms with Crippen molar-refractivity contribution in [3.63, 3.8) is 0 Å². The van der Waals surface area contributed by atoms with Gasteiger partial charge in [0.1, 0.15) is 24.1 Å². The largest absolute Gasteiger partial charge is 0.497 e. The summed E-state index contributed by atoms with van der Waals surface area (Å²) in [6.07, 6.45) is 4.99. The Labute approximate surface area is 261 Å². The highest BCUT2D eigenvalue weighted by molar-refractivity contribution is 6.02. The molecule has 1 saturated carbocycles. The zero-order chi connectivity index (χ0) is 31.5. The number of amides is 3.